The molecule has 2 nitrogen and oxygen atoms in total. The first-order chi connectivity index (χ1) is 6.43. The van der Waals surface area contributed by atoms with Crippen LogP contribution in [0, 0.1) is 0 Å². The highest BCUT2D eigenvalue weighted by Gasteiger charge is 2.63. The summed E-state index contributed by atoms with van der Waals surface area (Å²) in [5, 5.41) is 2.45. The minimum atomic E-state index is -4.21. The highest BCUT2D eigenvalue weighted by atomic mass is 19.4. The number of nitrogens with one attached hydrogen (secondary N) is 1. The molecule has 0 saturated heterocycles. The minimum absolute atomic E-state index is 0.0922. The molecule has 0 aliphatic heterocycles. The molecule has 0 bridgehead atoms. The molecular weight excluding hydrogens is 195 g/mol. The van der Waals surface area contributed by atoms with Crippen molar-refractivity contribution in [2.75, 3.05) is 0 Å². The highest BCUT2D eigenvalue weighted by Crippen LogP contribution is 2.49. The smallest absolute Gasteiger partial charge is 0.375 e. The van der Waals surface area contributed by atoms with Crippen molar-refractivity contribution >= 4 is 5.78 Å². The van der Waals surface area contributed by atoms with E-state index >= 15 is 0 Å². The van der Waals surface area contributed by atoms with Crippen LogP contribution < -0.4 is 5.32 Å². The summed E-state index contributed by atoms with van der Waals surface area (Å²) in [6.07, 6.45) is -1.96. The lowest BCUT2D eigenvalue weighted by Gasteiger charge is -2.22. The van der Waals surface area contributed by atoms with Crippen LogP contribution in [0.25, 0.3) is 0 Å². The van der Waals surface area contributed by atoms with Crippen molar-refractivity contribution < 1.29 is 18.0 Å². The van der Waals surface area contributed by atoms with Crippen molar-refractivity contribution in [3.63, 3.8) is 0 Å². The monoisotopic (exact) mass is 205 g/mol. The summed E-state index contributed by atoms with van der Waals surface area (Å²) in [6, 6.07) is 0. The third-order valence-electron chi connectivity index (χ3n) is 2.67. The van der Waals surface area contributed by atoms with E-state index in [1.54, 1.807) is 0 Å². The Morgan fingerprint density at radius 3 is 2.29 bits per heavy atom. The molecule has 0 aromatic carbocycles. The van der Waals surface area contributed by atoms with Gasteiger partial charge in [-0.15, -0.1) is 0 Å². The molecule has 5 heteroatoms. The van der Waals surface area contributed by atoms with Gasteiger partial charge in [0.15, 0.2) is 5.78 Å². The van der Waals surface area contributed by atoms with E-state index in [1.165, 1.54) is 6.08 Å². The maximum Gasteiger partial charge on any atom is 0.411 e. The number of allylic oxidation sites excluding steroid dienone is 2. The molecule has 2 aliphatic carbocycles. The zero-order valence-electron chi connectivity index (χ0n) is 7.45. The number of alkyl halides is 3. The summed E-state index contributed by atoms with van der Waals surface area (Å²) in [7, 11) is 0. The van der Waals surface area contributed by atoms with E-state index in [2.05, 4.69) is 5.32 Å². The van der Waals surface area contributed by atoms with E-state index in [4.69, 9.17) is 0 Å². The maximum atomic E-state index is 12.5. The Labute approximate surface area is 79.2 Å². The van der Waals surface area contributed by atoms with Gasteiger partial charge in [-0.05, 0) is 19.3 Å². The fourth-order valence-electron chi connectivity index (χ4n) is 1.61. The molecule has 78 valence electrons. The van der Waals surface area contributed by atoms with Gasteiger partial charge < -0.3 is 5.32 Å². The summed E-state index contributed by atoms with van der Waals surface area (Å²) in [5.41, 5.74) is -1.30. The summed E-state index contributed by atoms with van der Waals surface area (Å²) < 4.78 is 37.4. The predicted octanol–water partition coefficient (Wildman–Crippen LogP) is 1.92. The van der Waals surface area contributed by atoms with Gasteiger partial charge in [0.25, 0.3) is 0 Å². The average molecular weight is 205 g/mol. The number of carbonyl (C=O) groups excluding carboxylic acids is 1. The quantitative estimate of drug-likeness (QED) is 0.746. The van der Waals surface area contributed by atoms with E-state index in [0.29, 0.717) is 18.5 Å². The summed E-state index contributed by atoms with van der Waals surface area (Å²) in [6.45, 7) is 0. The van der Waals surface area contributed by atoms with E-state index in [1.807, 2.05) is 0 Å². The average Bonchev–Trinajstić information content (AvgIpc) is 2.71. The third-order valence-corrected chi connectivity index (χ3v) is 2.67. The topological polar surface area (TPSA) is 29.1 Å². The fourth-order valence-corrected chi connectivity index (χ4v) is 1.61. The van der Waals surface area contributed by atoms with Gasteiger partial charge in [-0.2, -0.15) is 13.2 Å². The molecule has 1 N–H and O–H groups in total. The fraction of sp³-hybridized carbons (Fsp3) is 0.667. The Kier molecular flexibility index (Phi) is 1.87. The number of ketones is 1. The summed E-state index contributed by atoms with van der Waals surface area (Å²) in [5.74, 6) is -0.0922. The number of halogens is 3. The Hall–Kier alpha value is -1.00. The zero-order chi connectivity index (χ0) is 10.4. The Morgan fingerprint density at radius 2 is 1.93 bits per heavy atom. The maximum absolute atomic E-state index is 12.5. The lowest BCUT2D eigenvalue weighted by atomic mass is 10.2. The Morgan fingerprint density at radius 1 is 1.29 bits per heavy atom. The van der Waals surface area contributed by atoms with Crippen LogP contribution in [0.5, 0.6) is 0 Å². The first-order valence-corrected chi connectivity index (χ1v) is 4.51. The van der Waals surface area contributed by atoms with Gasteiger partial charge in [0, 0.05) is 18.2 Å². The van der Waals surface area contributed by atoms with Crippen molar-refractivity contribution in [2.24, 2.45) is 0 Å². The van der Waals surface area contributed by atoms with E-state index < -0.39 is 11.7 Å². The Balaban J connectivity index is 2.05. The molecule has 14 heavy (non-hydrogen) atoms. The van der Waals surface area contributed by atoms with Gasteiger partial charge in [-0.1, -0.05) is 0 Å². The molecule has 1 fully saturated rings. The summed E-state index contributed by atoms with van der Waals surface area (Å²) >= 11 is 0. The third kappa shape index (κ3) is 1.51. The van der Waals surface area contributed by atoms with Gasteiger partial charge in [-0.3, -0.25) is 4.79 Å². The molecular formula is C9H10F3NO. The molecule has 0 spiro atoms. The van der Waals surface area contributed by atoms with Crippen molar-refractivity contribution in [3.8, 4) is 0 Å². The molecule has 0 unspecified atom stereocenters. The highest BCUT2D eigenvalue weighted by molar-refractivity contribution is 5.92. The Bertz CT molecular complexity index is 302. The first kappa shape index (κ1) is 9.55. The van der Waals surface area contributed by atoms with Crippen LogP contribution in [-0.4, -0.2) is 17.5 Å². The van der Waals surface area contributed by atoms with E-state index in [-0.39, 0.29) is 18.6 Å². The van der Waals surface area contributed by atoms with Crippen molar-refractivity contribution in [1.29, 1.82) is 0 Å². The minimum Gasteiger partial charge on any atom is -0.375 e. The van der Waals surface area contributed by atoms with Crippen LogP contribution in [0.1, 0.15) is 25.7 Å². The number of rotatable bonds is 2. The molecule has 1 saturated carbocycles. The number of hydrogen-bond donors (Lipinski definition) is 1. The second-order valence-corrected chi connectivity index (χ2v) is 3.84. The normalized spacial score (nSPS) is 24.8. The van der Waals surface area contributed by atoms with Gasteiger partial charge in [0.1, 0.15) is 5.54 Å². The second kappa shape index (κ2) is 2.74. The zero-order valence-corrected chi connectivity index (χ0v) is 7.45. The van der Waals surface area contributed by atoms with Crippen LogP contribution in [-0.2, 0) is 4.79 Å². The molecule has 0 radical (unpaired) electrons. The van der Waals surface area contributed by atoms with Gasteiger partial charge >= 0.3 is 6.18 Å². The van der Waals surface area contributed by atoms with Crippen LogP contribution in [0.2, 0.25) is 0 Å². The molecule has 2 aliphatic rings. The van der Waals surface area contributed by atoms with Crippen LogP contribution in [0.15, 0.2) is 11.8 Å². The molecule has 2 rings (SSSR count). The largest absolute Gasteiger partial charge is 0.411 e. The standard InChI is InChI=1S/C9H10F3NO/c10-9(11,12)8(3-4-8)13-6-1-2-7(14)5-6/h5,13H,1-4H2. The van der Waals surface area contributed by atoms with E-state index in [9.17, 15) is 18.0 Å². The van der Waals surface area contributed by atoms with Gasteiger partial charge in [0.05, 0.1) is 0 Å². The van der Waals surface area contributed by atoms with Crippen LogP contribution in [0.3, 0.4) is 0 Å². The molecule has 0 amide bonds. The van der Waals surface area contributed by atoms with Crippen LogP contribution in [0.4, 0.5) is 13.2 Å². The molecule has 0 aromatic rings. The molecule has 0 heterocycles. The SMILES string of the molecule is O=C1C=C(NC2(C(F)(F)F)CC2)CC1. The second-order valence-electron chi connectivity index (χ2n) is 3.84. The number of hydrogen-bond acceptors (Lipinski definition) is 2. The molecule has 0 atom stereocenters. The van der Waals surface area contributed by atoms with Gasteiger partial charge in [-0.25, -0.2) is 0 Å². The molecule has 0 aromatic heterocycles. The first-order valence-electron chi connectivity index (χ1n) is 4.51. The van der Waals surface area contributed by atoms with Crippen LogP contribution >= 0.6 is 0 Å². The lowest BCUT2D eigenvalue weighted by Crippen LogP contribution is -2.44. The van der Waals surface area contributed by atoms with Crippen molar-refractivity contribution in [1.82, 2.24) is 5.32 Å². The lowest BCUT2D eigenvalue weighted by molar-refractivity contribution is -0.163. The summed E-state index contributed by atoms with van der Waals surface area (Å²) in [4.78, 5) is 10.8. The van der Waals surface area contributed by atoms with Crippen molar-refractivity contribution in [2.45, 2.75) is 37.4 Å². The predicted molar refractivity (Wildman–Crippen MR) is 43.5 cm³/mol. The van der Waals surface area contributed by atoms with Crippen molar-refractivity contribution in [3.05, 3.63) is 11.8 Å². The van der Waals surface area contributed by atoms with Gasteiger partial charge in [0.2, 0.25) is 0 Å². The number of carbonyl (C=O) groups is 1. The van der Waals surface area contributed by atoms with E-state index in [0.717, 1.165) is 0 Å².